The first kappa shape index (κ1) is 19.4. The fourth-order valence-corrected chi connectivity index (χ4v) is 3.35. The Labute approximate surface area is 181 Å². The van der Waals surface area contributed by atoms with Crippen LogP contribution in [-0.2, 0) is 0 Å². The quantitative estimate of drug-likeness (QED) is 0.406. The van der Waals surface area contributed by atoms with Crippen LogP contribution in [0.2, 0.25) is 5.02 Å². The fraction of sp³-hybridized carbons (Fsp3) is 0.0455. The second-order valence-electron chi connectivity index (χ2n) is 6.40. The Kier molecular flexibility index (Phi) is 5.47. The molecule has 0 aliphatic heterocycles. The standard InChI is InChI=1S/C22H16BrClN4O/c1-14-6-2-5-9-19(14)28-21(15-10-12-16(23)13-11-15)26-20(27-28)22(29)25-18-8-4-3-7-17(18)24/h2-13H,1H3,(H,25,29). The number of carbonyl (C=O) groups excluding carboxylic acids is 1. The Balaban J connectivity index is 1.79. The molecule has 0 fully saturated rings. The summed E-state index contributed by atoms with van der Waals surface area (Å²) in [6, 6.07) is 22.6. The van der Waals surface area contributed by atoms with Crippen molar-refractivity contribution in [3.8, 4) is 17.1 Å². The monoisotopic (exact) mass is 466 g/mol. The second-order valence-corrected chi connectivity index (χ2v) is 7.72. The van der Waals surface area contributed by atoms with Crippen molar-refractivity contribution in [2.45, 2.75) is 6.92 Å². The Morgan fingerprint density at radius 2 is 1.69 bits per heavy atom. The normalized spacial score (nSPS) is 10.7. The lowest BCUT2D eigenvalue weighted by Gasteiger charge is -2.08. The van der Waals surface area contributed by atoms with Crippen molar-refractivity contribution >= 4 is 39.1 Å². The van der Waals surface area contributed by atoms with Crippen molar-refractivity contribution in [3.05, 3.63) is 93.7 Å². The van der Waals surface area contributed by atoms with E-state index in [4.69, 9.17) is 11.6 Å². The summed E-state index contributed by atoms with van der Waals surface area (Å²) >= 11 is 9.60. The molecule has 1 amide bonds. The molecule has 144 valence electrons. The van der Waals surface area contributed by atoms with Gasteiger partial charge < -0.3 is 5.32 Å². The minimum atomic E-state index is -0.427. The summed E-state index contributed by atoms with van der Waals surface area (Å²) in [6.45, 7) is 1.99. The van der Waals surface area contributed by atoms with Gasteiger partial charge in [0.15, 0.2) is 5.82 Å². The molecule has 4 rings (SSSR count). The zero-order valence-electron chi connectivity index (χ0n) is 15.4. The van der Waals surface area contributed by atoms with E-state index in [1.807, 2.05) is 55.5 Å². The molecule has 0 radical (unpaired) electrons. The molecule has 0 unspecified atom stereocenters. The molecule has 0 saturated heterocycles. The van der Waals surface area contributed by atoms with Crippen LogP contribution in [0.15, 0.2) is 77.3 Å². The van der Waals surface area contributed by atoms with Crippen LogP contribution in [0.25, 0.3) is 17.1 Å². The van der Waals surface area contributed by atoms with Gasteiger partial charge in [0.05, 0.1) is 16.4 Å². The number of hydrogen-bond acceptors (Lipinski definition) is 3. The molecule has 0 bridgehead atoms. The van der Waals surface area contributed by atoms with Gasteiger partial charge in [-0.25, -0.2) is 9.67 Å². The van der Waals surface area contributed by atoms with Gasteiger partial charge in [0.1, 0.15) is 0 Å². The number of benzene rings is 3. The first-order chi connectivity index (χ1) is 14.0. The van der Waals surface area contributed by atoms with Gasteiger partial charge >= 0.3 is 0 Å². The topological polar surface area (TPSA) is 59.8 Å². The SMILES string of the molecule is Cc1ccccc1-n1nc(C(=O)Nc2ccccc2Cl)nc1-c1ccc(Br)cc1. The predicted molar refractivity (Wildman–Crippen MR) is 119 cm³/mol. The van der Waals surface area contributed by atoms with Gasteiger partial charge in [-0.1, -0.05) is 70.0 Å². The molecule has 3 aromatic carbocycles. The Hall–Kier alpha value is -2.96. The number of nitrogens with zero attached hydrogens (tertiary/aromatic N) is 3. The Morgan fingerprint density at radius 3 is 2.41 bits per heavy atom. The third kappa shape index (κ3) is 4.09. The van der Waals surface area contributed by atoms with Crippen molar-refractivity contribution in [1.82, 2.24) is 14.8 Å². The zero-order valence-corrected chi connectivity index (χ0v) is 17.8. The number of amides is 1. The maximum Gasteiger partial charge on any atom is 0.295 e. The summed E-state index contributed by atoms with van der Waals surface area (Å²) in [6.07, 6.45) is 0. The maximum atomic E-state index is 12.8. The van der Waals surface area contributed by atoms with Crippen LogP contribution in [0.1, 0.15) is 16.2 Å². The predicted octanol–water partition coefficient (Wildman–Crippen LogP) is 5.91. The number of hydrogen-bond donors (Lipinski definition) is 1. The molecule has 1 aromatic heterocycles. The molecule has 0 spiro atoms. The first-order valence-corrected chi connectivity index (χ1v) is 10.0. The van der Waals surface area contributed by atoms with E-state index >= 15 is 0 Å². The van der Waals surface area contributed by atoms with Crippen molar-refractivity contribution in [3.63, 3.8) is 0 Å². The van der Waals surface area contributed by atoms with E-state index in [-0.39, 0.29) is 5.82 Å². The number of nitrogens with one attached hydrogen (secondary N) is 1. The van der Waals surface area contributed by atoms with Crippen molar-refractivity contribution in [1.29, 1.82) is 0 Å². The van der Waals surface area contributed by atoms with E-state index in [1.54, 1.807) is 28.9 Å². The Morgan fingerprint density at radius 1 is 1.00 bits per heavy atom. The van der Waals surface area contributed by atoms with Crippen LogP contribution in [0, 0.1) is 6.92 Å². The number of para-hydroxylation sites is 2. The first-order valence-electron chi connectivity index (χ1n) is 8.88. The largest absolute Gasteiger partial charge is 0.318 e. The number of halogens is 2. The third-order valence-electron chi connectivity index (χ3n) is 4.38. The highest BCUT2D eigenvalue weighted by Crippen LogP contribution is 2.26. The summed E-state index contributed by atoms with van der Waals surface area (Å²) < 4.78 is 2.65. The molecule has 7 heteroatoms. The molecular formula is C22H16BrClN4O. The highest BCUT2D eigenvalue weighted by molar-refractivity contribution is 9.10. The second kappa shape index (κ2) is 8.19. The lowest BCUT2D eigenvalue weighted by Crippen LogP contribution is -2.14. The van der Waals surface area contributed by atoms with Gasteiger partial charge in [-0.05, 0) is 42.8 Å². The molecule has 29 heavy (non-hydrogen) atoms. The van der Waals surface area contributed by atoms with E-state index < -0.39 is 5.91 Å². The van der Waals surface area contributed by atoms with Crippen LogP contribution < -0.4 is 5.32 Å². The summed E-state index contributed by atoms with van der Waals surface area (Å²) in [5, 5.41) is 7.73. The molecule has 1 N–H and O–H groups in total. The van der Waals surface area contributed by atoms with E-state index in [2.05, 4.69) is 31.3 Å². The average Bonchev–Trinajstić information content (AvgIpc) is 3.16. The summed E-state index contributed by atoms with van der Waals surface area (Å²) in [4.78, 5) is 17.4. The number of aromatic nitrogens is 3. The highest BCUT2D eigenvalue weighted by atomic mass is 79.9. The van der Waals surface area contributed by atoms with Gasteiger partial charge in [0, 0.05) is 10.0 Å². The van der Waals surface area contributed by atoms with E-state index in [9.17, 15) is 4.79 Å². The van der Waals surface area contributed by atoms with E-state index in [0.29, 0.717) is 16.5 Å². The van der Waals surface area contributed by atoms with Gasteiger partial charge in [0.2, 0.25) is 5.82 Å². The molecule has 0 saturated carbocycles. The Bertz CT molecular complexity index is 1190. The van der Waals surface area contributed by atoms with Gasteiger partial charge in [0.25, 0.3) is 5.91 Å². The molecular weight excluding hydrogens is 452 g/mol. The van der Waals surface area contributed by atoms with E-state index in [1.165, 1.54) is 0 Å². The highest BCUT2D eigenvalue weighted by Gasteiger charge is 2.20. The molecule has 5 nitrogen and oxygen atoms in total. The maximum absolute atomic E-state index is 12.8. The van der Waals surface area contributed by atoms with Crippen LogP contribution in [0.5, 0.6) is 0 Å². The van der Waals surface area contributed by atoms with Gasteiger partial charge in [-0.3, -0.25) is 4.79 Å². The smallest absolute Gasteiger partial charge is 0.295 e. The fourth-order valence-electron chi connectivity index (χ4n) is 2.90. The number of aryl methyl sites for hydroxylation is 1. The number of rotatable bonds is 4. The molecule has 1 heterocycles. The molecule has 0 aliphatic rings. The molecule has 4 aromatic rings. The van der Waals surface area contributed by atoms with Gasteiger partial charge in [-0.2, -0.15) is 0 Å². The van der Waals surface area contributed by atoms with Crippen molar-refractivity contribution in [2.75, 3.05) is 5.32 Å². The lowest BCUT2D eigenvalue weighted by atomic mass is 10.2. The molecule has 0 aliphatic carbocycles. The third-order valence-corrected chi connectivity index (χ3v) is 5.24. The minimum Gasteiger partial charge on any atom is -0.318 e. The van der Waals surface area contributed by atoms with Crippen molar-refractivity contribution < 1.29 is 4.79 Å². The summed E-state index contributed by atoms with van der Waals surface area (Å²) in [7, 11) is 0. The van der Waals surface area contributed by atoms with Crippen molar-refractivity contribution in [2.24, 2.45) is 0 Å². The van der Waals surface area contributed by atoms with Gasteiger partial charge in [-0.15, -0.1) is 5.10 Å². The number of carbonyl (C=O) groups is 1. The average molecular weight is 468 g/mol. The van der Waals surface area contributed by atoms with Crippen LogP contribution in [-0.4, -0.2) is 20.7 Å². The van der Waals surface area contributed by atoms with Crippen LogP contribution >= 0.6 is 27.5 Å². The summed E-state index contributed by atoms with van der Waals surface area (Å²) in [5.74, 6) is 0.214. The molecule has 0 atom stereocenters. The van der Waals surface area contributed by atoms with E-state index in [0.717, 1.165) is 21.3 Å². The zero-order chi connectivity index (χ0) is 20.4. The summed E-state index contributed by atoms with van der Waals surface area (Å²) in [5.41, 5.74) is 3.24. The van der Waals surface area contributed by atoms with Crippen LogP contribution in [0.3, 0.4) is 0 Å². The van der Waals surface area contributed by atoms with Crippen LogP contribution in [0.4, 0.5) is 5.69 Å². The lowest BCUT2D eigenvalue weighted by molar-refractivity contribution is 0.101. The minimum absolute atomic E-state index is 0.0612. The number of anilines is 1.